The second kappa shape index (κ2) is 6.13. The smallest absolute Gasteiger partial charge is 0.255 e. The van der Waals surface area contributed by atoms with E-state index in [0.29, 0.717) is 5.56 Å². The second-order valence-electron chi connectivity index (χ2n) is 4.70. The van der Waals surface area contributed by atoms with Gasteiger partial charge in [0.05, 0.1) is 7.11 Å². The van der Waals surface area contributed by atoms with Crippen molar-refractivity contribution in [2.45, 2.75) is 0 Å². The molecule has 3 aromatic rings. The van der Waals surface area contributed by atoms with Gasteiger partial charge in [-0.3, -0.25) is 4.79 Å². The van der Waals surface area contributed by atoms with E-state index in [-0.39, 0.29) is 5.91 Å². The van der Waals surface area contributed by atoms with E-state index in [9.17, 15) is 4.79 Å². The van der Waals surface area contributed by atoms with E-state index in [1.807, 2.05) is 24.3 Å². The van der Waals surface area contributed by atoms with Gasteiger partial charge >= 0.3 is 0 Å². The lowest BCUT2D eigenvalue weighted by Crippen LogP contribution is -2.11. The zero-order chi connectivity index (χ0) is 15.4. The fourth-order valence-corrected chi connectivity index (χ4v) is 2.08. The van der Waals surface area contributed by atoms with Crippen molar-refractivity contribution in [2.24, 2.45) is 0 Å². The maximum absolute atomic E-state index is 12.2. The molecule has 0 atom stereocenters. The van der Waals surface area contributed by atoms with Gasteiger partial charge in [-0.1, -0.05) is 0 Å². The first kappa shape index (κ1) is 13.9. The molecular weight excluding hydrogens is 278 g/mol. The number of amides is 1. The predicted octanol–water partition coefficient (Wildman–Crippen LogP) is 3.34. The molecule has 5 nitrogen and oxygen atoms in total. The molecule has 0 bridgehead atoms. The summed E-state index contributed by atoms with van der Waals surface area (Å²) >= 11 is 0. The van der Waals surface area contributed by atoms with Crippen LogP contribution in [0, 0.1) is 0 Å². The topological polar surface area (TPSA) is 67.0 Å². The van der Waals surface area contributed by atoms with Crippen LogP contribution < -0.4 is 10.1 Å². The van der Waals surface area contributed by atoms with Crippen molar-refractivity contribution in [1.82, 2.24) is 9.97 Å². The lowest BCUT2D eigenvalue weighted by Gasteiger charge is -2.07. The van der Waals surface area contributed by atoms with Crippen LogP contribution in [-0.2, 0) is 0 Å². The first-order valence-corrected chi connectivity index (χ1v) is 6.81. The van der Waals surface area contributed by atoms with Crippen LogP contribution in [0.4, 0.5) is 5.69 Å². The highest BCUT2D eigenvalue weighted by atomic mass is 16.5. The van der Waals surface area contributed by atoms with Crippen molar-refractivity contribution in [3.63, 3.8) is 0 Å². The number of imidazole rings is 1. The van der Waals surface area contributed by atoms with Gasteiger partial charge in [0.1, 0.15) is 11.6 Å². The van der Waals surface area contributed by atoms with E-state index in [1.165, 1.54) is 0 Å². The Balaban J connectivity index is 1.71. The zero-order valence-electron chi connectivity index (χ0n) is 12.0. The SMILES string of the molecule is COc1ccc(C(=O)Nc2ccc(-c3ncc[nH]3)cc2)cc1. The quantitative estimate of drug-likeness (QED) is 0.775. The van der Waals surface area contributed by atoms with E-state index in [0.717, 1.165) is 22.8 Å². The van der Waals surface area contributed by atoms with E-state index in [2.05, 4.69) is 15.3 Å². The molecule has 22 heavy (non-hydrogen) atoms. The maximum Gasteiger partial charge on any atom is 0.255 e. The number of aromatic amines is 1. The summed E-state index contributed by atoms with van der Waals surface area (Å²) in [7, 11) is 1.59. The number of anilines is 1. The molecule has 0 saturated carbocycles. The summed E-state index contributed by atoms with van der Waals surface area (Å²) in [6, 6.07) is 14.5. The van der Waals surface area contributed by atoms with Crippen LogP contribution in [0.3, 0.4) is 0 Å². The molecule has 2 N–H and O–H groups in total. The van der Waals surface area contributed by atoms with Crippen LogP contribution in [0.5, 0.6) is 5.75 Å². The van der Waals surface area contributed by atoms with Gasteiger partial charge in [0.25, 0.3) is 5.91 Å². The minimum absolute atomic E-state index is 0.159. The minimum Gasteiger partial charge on any atom is -0.497 e. The molecule has 1 aromatic heterocycles. The van der Waals surface area contributed by atoms with Gasteiger partial charge in [0, 0.05) is 29.2 Å². The van der Waals surface area contributed by atoms with Crippen molar-refractivity contribution >= 4 is 11.6 Å². The Morgan fingerprint density at radius 2 is 1.82 bits per heavy atom. The first-order chi connectivity index (χ1) is 10.8. The summed E-state index contributed by atoms with van der Waals surface area (Å²) in [5, 5.41) is 2.86. The van der Waals surface area contributed by atoms with E-state index in [4.69, 9.17) is 4.74 Å². The van der Waals surface area contributed by atoms with Gasteiger partial charge < -0.3 is 15.0 Å². The minimum atomic E-state index is -0.159. The number of carbonyl (C=O) groups excluding carboxylic acids is 1. The molecule has 0 radical (unpaired) electrons. The second-order valence-corrected chi connectivity index (χ2v) is 4.70. The zero-order valence-corrected chi connectivity index (χ0v) is 12.0. The predicted molar refractivity (Wildman–Crippen MR) is 85.0 cm³/mol. The Morgan fingerprint density at radius 1 is 1.09 bits per heavy atom. The fourth-order valence-electron chi connectivity index (χ4n) is 2.08. The number of benzene rings is 2. The number of hydrogen-bond acceptors (Lipinski definition) is 3. The summed E-state index contributed by atoms with van der Waals surface area (Å²) in [6.07, 6.45) is 3.48. The number of rotatable bonds is 4. The van der Waals surface area contributed by atoms with Crippen molar-refractivity contribution in [3.8, 4) is 17.1 Å². The summed E-state index contributed by atoms with van der Waals surface area (Å²) < 4.78 is 5.08. The van der Waals surface area contributed by atoms with E-state index >= 15 is 0 Å². The standard InChI is InChI=1S/C17H15N3O2/c1-22-15-8-4-13(5-9-15)17(21)20-14-6-2-12(3-7-14)16-18-10-11-19-16/h2-11H,1H3,(H,18,19)(H,20,21). The third-order valence-electron chi connectivity index (χ3n) is 3.27. The van der Waals surface area contributed by atoms with Gasteiger partial charge in [-0.05, 0) is 48.5 Å². The highest BCUT2D eigenvalue weighted by Gasteiger charge is 2.07. The molecule has 0 unspecified atom stereocenters. The van der Waals surface area contributed by atoms with Crippen LogP contribution >= 0.6 is 0 Å². The highest BCUT2D eigenvalue weighted by Crippen LogP contribution is 2.18. The molecule has 0 aliphatic heterocycles. The van der Waals surface area contributed by atoms with Gasteiger partial charge in [-0.2, -0.15) is 0 Å². The third kappa shape index (κ3) is 2.98. The number of aromatic nitrogens is 2. The monoisotopic (exact) mass is 293 g/mol. The van der Waals surface area contributed by atoms with Crippen molar-refractivity contribution in [2.75, 3.05) is 12.4 Å². The summed E-state index contributed by atoms with van der Waals surface area (Å²) in [6.45, 7) is 0. The number of nitrogens with one attached hydrogen (secondary N) is 2. The Morgan fingerprint density at radius 3 is 2.41 bits per heavy atom. The molecule has 0 spiro atoms. The van der Waals surface area contributed by atoms with Crippen molar-refractivity contribution in [3.05, 3.63) is 66.5 Å². The fraction of sp³-hybridized carbons (Fsp3) is 0.0588. The third-order valence-corrected chi connectivity index (χ3v) is 3.27. The summed E-state index contributed by atoms with van der Waals surface area (Å²) in [4.78, 5) is 19.4. The molecule has 2 aromatic carbocycles. The Bertz CT molecular complexity index is 748. The molecule has 1 amide bonds. The number of H-pyrrole nitrogens is 1. The molecule has 0 saturated heterocycles. The molecular formula is C17H15N3O2. The van der Waals surface area contributed by atoms with Crippen LogP contribution in [-0.4, -0.2) is 23.0 Å². The van der Waals surface area contributed by atoms with Crippen LogP contribution in [0.1, 0.15) is 10.4 Å². The largest absolute Gasteiger partial charge is 0.497 e. The van der Waals surface area contributed by atoms with Crippen LogP contribution in [0.25, 0.3) is 11.4 Å². The number of ether oxygens (including phenoxy) is 1. The molecule has 0 aliphatic rings. The highest BCUT2D eigenvalue weighted by molar-refractivity contribution is 6.04. The Kier molecular flexibility index (Phi) is 3.87. The average Bonchev–Trinajstić information content (AvgIpc) is 3.10. The van der Waals surface area contributed by atoms with Gasteiger partial charge in [-0.15, -0.1) is 0 Å². The number of hydrogen-bond donors (Lipinski definition) is 2. The van der Waals surface area contributed by atoms with E-state index in [1.54, 1.807) is 43.8 Å². The van der Waals surface area contributed by atoms with Gasteiger partial charge in [0.15, 0.2) is 0 Å². The average molecular weight is 293 g/mol. The molecule has 3 rings (SSSR count). The Hall–Kier alpha value is -3.08. The Labute approximate surface area is 128 Å². The molecule has 0 fully saturated rings. The summed E-state index contributed by atoms with van der Waals surface area (Å²) in [5.41, 5.74) is 2.28. The van der Waals surface area contributed by atoms with Crippen LogP contribution in [0.2, 0.25) is 0 Å². The normalized spacial score (nSPS) is 10.2. The molecule has 5 heteroatoms. The maximum atomic E-state index is 12.2. The molecule has 110 valence electrons. The van der Waals surface area contributed by atoms with Gasteiger partial charge in [0.2, 0.25) is 0 Å². The molecule has 1 heterocycles. The van der Waals surface area contributed by atoms with Crippen molar-refractivity contribution in [1.29, 1.82) is 0 Å². The van der Waals surface area contributed by atoms with Crippen LogP contribution in [0.15, 0.2) is 60.9 Å². The summed E-state index contributed by atoms with van der Waals surface area (Å²) in [5.74, 6) is 1.36. The lowest BCUT2D eigenvalue weighted by molar-refractivity contribution is 0.102. The molecule has 0 aliphatic carbocycles. The lowest BCUT2D eigenvalue weighted by atomic mass is 10.1. The van der Waals surface area contributed by atoms with E-state index < -0.39 is 0 Å². The number of nitrogens with zero attached hydrogens (tertiary/aromatic N) is 1. The van der Waals surface area contributed by atoms with Gasteiger partial charge in [-0.25, -0.2) is 4.98 Å². The van der Waals surface area contributed by atoms with Crippen molar-refractivity contribution < 1.29 is 9.53 Å². The number of methoxy groups -OCH3 is 1. The number of carbonyl (C=O) groups is 1. The first-order valence-electron chi connectivity index (χ1n) is 6.81.